The molecule has 0 radical (unpaired) electrons. The molecular weight excluding hydrogens is 210 g/mol. The van der Waals surface area contributed by atoms with Gasteiger partial charge in [0.25, 0.3) is 0 Å². The maximum atomic E-state index is 11.9. The van der Waals surface area contributed by atoms with Crippen LogP contribution in [0, 0.1) is 0 Å². The van der Waals surface area contributed by atoms with E-state index < -0.39 is 5.79 Å². The molecule has 2 rings (SSSR count). The van der Waals surface area contributed by atoms with Crippen molar-refractivity contribution in [3.8, 4) is 0 Å². The summed E-state index contributed by atoms with van der Waals surface area (Å²) in [5.41, 5.74) is 0.829. The van der Waals surface area contributed by atoms with Gasteiger partial charge in [-0.25, -0.2) is 0 Å². The minimum atomic E-state index is -1.40. The monoisotopic (exact) mass is 221 g/mol. The fraction of sp³-hybridized carbons (Fsp3) is 0.273. The van der Waals surface area contributed by atoms with E-state index >= 15 is 0 Å². The van der Waals surface area contributed by atoms with E-state index in [1.165, 1.54) is 14.2 Å². The van der Waals surface area contributed by atoms with Crippen LogP contribution in [0.2, 0.25) is 0 Å². The average molecular weight is 221 g/mol. The van der Waals surface area contributed by atoms with Crippen LogP contribution < -0.4 is 0 Å². The molecule has 1 N–H and O–H groups in total. The molecular formula is C11H11NO4. The van der Waals surface area contributed by atoms with Crippen LogP contribution in [0.3, 0.4) is 0 Å². The molecule has 0 saturated carbocycles. The SMILES string of the molecule is COC1(OC)C(=NO)C(=O)c2ccccc21. The molecule has 0 heterocycles. The fourth-order valence-corrected chi connectivity index (χ4v) is 1.98. The summed E-state index contributed by atoms with van der Waals surface area (Å²) in [5.74, 6) is -1.79. The zero-order valence-corrected chi connectivity index (χ0v) is 8.93. The molecule has 1 aromatic carbocycles. The number of carbonyl (C=O) groups is 1. The number of fused-ring (bicyclic) bond motifs is 1. The van der Waals surface area contributed by atoms with Gasteiger partial charge in [0, 0.05) is 25.3 Å². The summed E-state index contributed by atoms with van der Waals surface area (Å²) in [4.78, 5) is 11.9. The third-order valence-electron chi connectivity index (χ3n) is 2.73. The lowest BCUT2D eigenvalue weighted by molar-refractivity contribution is -0.159. The molecule has 0 aromatic heterocycles. The van der Waals surface area contributed by atoms with Crippen molar-refractivity contribution in [3.63, 3.8) is 0 Å². The molecule has 0 aliphatic heterocycles. The van der Waals surface area contributed by atoms with Gasteiger partial charge in [-0.15, -0.1) is 0 Å². The zero-order chi connectivity index (χ0) is 11.8. The Bertz CT molecular complexity index is 463. The van der Waals surface area contributed by atoms with E-state index in [0.29, 0.717) is 11.1 Å². The summed E-state index contributed by atoms with van der Waals surface area (Å²) < 4.78 is 10.4. The molecule has 0 amide bonds. The number of rotatable bonds is 2. The van der Waals surface area contributed by atoms with Crippen LogP contribution >= 0.6 is 0 Å². The van der Waals surface area contributed by atoms with Crippen LogP contribution in [0.25, 0.3) is 0 Å². The van der Waals surface area contributed by atoms with Crippen molar-refractivity contribution in [2.24, 2.45) is 5.16 Å². The van der Waals surface area contributed by atoms with Crippen LogP contribution in [0.5, 0.6) is 0 Å². The van der Waals surface area contributed by atoms with Crippen molar-refractivity contribution >= 4 is 11.5 Å². The lowest BCUT2D eigenvalue weighted by Crippen LogP contribution is -2.38. The molecule has 0 atom stereocenters. The average Bonchev–Trinajstić information content (AvgIpc) is 2.59. The van der Waals surface area contributed by atoms with Crippen LogP contribution in [0.1, 0.15) is 15.9 Å². The van der Waals surface area contributed by atoms with Crippen molar-refractivity contribution < 1.29 is 19.5 Å². The van der Waals surface area contributed by atoms with Gasteiger partial charge in [-0.3, -0.25) is 4.79 Å². The highest BCUT2D eigenvalue weighted by atomic mass is 16.7. The van der Waals surface area contributed by atoms with E-state index in [1.54, 1.807) is 24.3 Å². The predicted molar refractivity (Wildman–Crippen MR) is 55.7 cm³/mol. The van der Waals surface area contributed by atoms with Crippen molar-refractivity contribution in [3.05, 3.63) is 35.4 Å². The molecule has 0 spiro atoms. The number of benzene rings is 1. The van der Waals surface area contributed by atoms with Crippen LogP contribution in [-0.2, 0) is 15.3 Å². The summed E-state index contributed by atoms with van der Waals surface area (Å²) in [6, 6.07) is 6.84. The summed E-state index contributed by atoms with van der Waals surface area (Å²) in [6.45, 7) is 0. The van der Waals surface area contributed by atoms with Gasteiger partial charge in [-0.05, 0) is 0 Å². The number of hydrogen-bond donors (Lipinski definition) is 1. The molecule has 0 unspecified atom stereocenters. The Labute approximate surface area is 92.3 Å². The van der Waals surface area contributed by atoms with Crippen LogP contribution in [-0.4, -0.2) is 30.9 Å². The molecule has 5 heteroatoms. The van der Waals surface area contributed by atoms with E-state index in [2.05, 4.69) is 5.16 Å². The van der Waals surface area contributed by atoms with E-state index in [-0.39, 0.29) is 11.5 Å². The molecule has 16 heavy (non-hydrogen) atoms. The number of hydrogen-bond acceptors (Lipinski definition) is 5. The molecule has 0 saturated heterocycles. The van der Waals surface area contributed by atoms with Gasteiger partial charge in [-0.1, -0.05) is 29.4 Å². The topological polar surface area (TPSA) is 68.1 Å². The second-order valence-electron chi connectivity index (χ2n) is 3.35. The van der Waals surface area contributed by atoms with Crippen molar-refractivity contribution in [1.29, 1.82) is 0 Å². The van der Waals surface area contributed by atoms with Crippen molar-refractivity contribution in [2.45, 2.75) is 5.79 Å². The number of ether oxygens (including phenoxy) is 2. The molecule has 1 aliphatic rings. The standard InChI is InChI=1S/C11H11NO4/c1-15-11(16-2)8-6-4-3-5-7(8)9(13)10(11)12-14/h3-6,14H,1-2H3. The lowest BCUT2D eigenvalue weighted by Gasteiger charge is -2.25. The summed E-state index contributed by atoms with van der Waals surface area (Å²) in [6.07, 6.45) is 0. The summed E-state index contributed by atoms with van der Waals surface area (Å²) in [7, 11) is 2.79. The third kappa shape index (κ3) is 1.12. The number of oxime groups is 1. The minimum Gasteiger partial charge on any atom is -0.410 e. The van der Waals surface area contributed by atoms with Gasteiger partial charge < -0.3 is 14.7 Å². The van der Waals surface area contributed by atoms with Gasteiger partial charge >= 0.3 is 0 Å². The first-order valence-corrected chi connectivity index (χ1v) is 4.68. The maximum Gasteiger partial charge on any atom is 0.247 e. The lowest BCUT2D eigenvalue weighted by atomic mass is 10.1. The second-order valence-corrected chi connectivity index (χ2v) is 3.35. The highest BCUT2D eigenvalue weighted by molar-refractivity contribution is 6.51. The summed E-state index contributed by atoms with van der Waals surface area (Å²) >= 11 is 0. The maximum absolute atomic E-state index is 11.9. The normalized spacial score (nSPS) is 20.1. The summed E-state index contributed by atoms with van der Waals surface area (Å²) in [5, 5.41) is 11.9. The smallest absolute Gasteiger partial charge is 0.247 e. The van der Waals surface area contributed by atoms with Gasteiger partial charge in [0.05, 0.1) is 0 Å². The van der Waals surface area contributed by atoms with Gasteiger partial charge in [0.15, 0.2) is 5.71 Å². The Morgan fingerprint density at radius 1 is 1.25 bits per heavy atom. The first-order valence-electron chi connectivity index (χ1n) is 4.68. The van der Waals surface area contributed by atoms with Gasteiger partial charge in [0.1, 0.15) is 0 Å². The Morgan fingerprint density at radius 3 is 2.44 bits per heavy atom. The molecule has 84 valence electrons. The predicted octanol–water partition coefficient (Wildman–Crippen LogP) is 1.16. The fourth-order valence-electron chi connectivity index (χ4n) is 1.98. The first kappa shape index (κ1) is 10.8. The Hall–Kier alpha value is -1.72. The van der Waals surface area contributed by atoms with E-state index in [9.17, 15) is 4.79 Å². The Balaban J connectivity index is 2.73. The quantitative estimate of drug-likeness (QED) is 0.462. The largest absolute Gasteiger partial charge is 0.410 e. The number of methoxy groups -OCH3 is 2. The minimum absolute atomic E-state index is 0.154. The second kappa shape index (κ2) is 3.70. The molecule has 1 aromatic rings. The van der Waals surface area contributed by atoms with Crippen LogP contribution in [0.15, 0.2) is 29.4 Å². The molecule has 5 nitrogen and oxygen atoms in total. The van der Waals surface area contributed by atoms with E-state index in [0.717, 1.165) is 0 Å². The highest BCUT2D eigenvalue weighted by Crippen LogP contribution is 2.37. The van der Waals surface area contributed by atoms with E-state index in [4.69, 9.17) is 14.7 Å². The zero-order valence-electron chi connectivity index (χ0n) is 8.93. The third-order valence-corrected chi connectivity index (χ3v) is 2.73. The van der Waals surface area contributed by atoms with Gasteiger partial charge in [0.2, 0.25) is 11.6 Å². The highest BCUT2D eigenvalue weighted by Gasteiger charge is 2.51. The molecule has 1 aliphatic carbocycles. The van der Waals surface area contributed by atoms with Crippen LogP contribution in [0.4, 0.5) is 0 Å². The Kier molecular flexibility index (Phi) is 2.49. The van der Waals surface area contributed by atoms with Crippen molar-refractivity contribution in [2.75, 3.05) is 14.2 Å². The molecule has 0 fully saturated rings. The van der Waals surface area contributed by atoms with Gasteiger partial charge in [-0.2, -0.15) is 0 Å². The number of carbonyl (C=O) groups excluding carboxylic acids is 1. The first-order chi connectivity index (χ1) is 7.71. The van der Waals surface area contributed by atoms with Crippen molar-refractivity contribution in [1.82, 2.24) is 0 Å². The molecule has 0 bridgehead atoms. The number of Topliss-reactive ketones (excluding diaryl/α,β-unsaturated/α-hetero) is 1. The number of ketones is 1. The van der Waals surface area contributed by atoms with E-state index in [1.807, 2.05) is 0 Å². The Morgan fingerprint density at radius 2 is 1.88 bits per heavy atom. The number of nitrogens with zero attached hydrogens (tertiary/aromatic N) is 1.